The minimum absolute atomic E-state index is 0. The third kappa shape index (κ3) is 6.37. The van der Waals surface area contributed by atoms with Crippen LogP contribution in [-0.4, -0.2) is 36.4 Å². The largest absolute Gasteiger partial charge is 0.370 e. The van der Waals surface area contributed by atoms with Gasteiger partial charge in [-0.2, -0.15) is 0 Å². The first-order chi connectivity index (χ1) is 10.7. The molecule has 0 unspecified atom stereocenters. The third-order valence-corrected chi connectivity index (χ3v) is 3.88. The van der Waals surface area contributed by atoms with Crippen LogP contribution < -0.4 is 11.1 Å². The van der Waals surface area contributed by atoms with Gasteiger partial charge in [0.25, 0.3) is 5.91 Å². The molecule has 1 saturated heterocycles. The number of nitrogens with one attached hydrogen (secondary N) is 1. The molecule has 1 aromatic carbocycles. The number of halogens is 1. The van der Waals surface area contributed by atoms with Crippen LogP contribution in [0.2, 0.25) is 0 Å². The van der Waals surface area contributed by atoms with E-state index < -0.39 is 0 Å². The topological polar surface area (TPSA) is 70.7 Å². The molecule has 0 aliphatic carbocycles. The number of nitrogens with zero attached hydrogens (tertiary/aromatic N) is 2. The second kappa shape index (κ2) is 10.5. The molecular weight excluding hydrogens is 403 g/mol. The van der Waals surface area contributed by atoms with E-state index in [1.54, 1.807) is 0 Å². The average Bonchev–Trinajstić information content (AvgIpc) is 2.82. The van der Waals surface area contributed by atoms with Crippen LogP contribution in [0.15, 0.2) is 29.3 Å². The number of aliphatic imine (C=N–C) groups is 1. The maximum atomic E-state index is 11.8. The van der Waals surface area contributed by atoms with Crippen molar-refractivity contribution in [2.24, 2.45) is 10.7 Å². The van der Waals surface area contributed by atoms with Crippen molar-refractivity contribution < 1.29 is 4.79 Å². The maximum Gasteiger partial charge on any atom is 0.251 e. The van der Waals surface area contributed by atoms with E-state index in [1.165, 1.54) is 25.7 Å². The zero-order valence-electron chi connectivity index (χ0n) is 13.8. The van der Waals surface area contributed by atoms with Gasteiger partial charge in [-0.25, -0.2) is 4.99 Å². The number of amides is 1. The van der Waals surface area contributed by atoms with E-state index >= 15 is 0 Å². The zero-order chi connectivity index (χ0) is 15.8. The number of hydrogen-bond donors (Lipinski definition) is 2. The Balaban J connectivity index is 0.00000264. The summed E-state index contributed by atoms with van der Waals surface area (Å²) in [5.41, 5.74) is 7.78. The summed E-state index contributed by atoms with van der Waals surface area (Å²) in [5.74, 6) is 0.569. The quantitative estimate of drug-likeness (QED) is 0.439. The predicted molar refractivity (Wildman–Crippen MR) is 105 cm³/mol. The average molecular weight is 430 g/mol. The standard InChI is InChI=1S/C17H26N4O.HI/c1-2-19-16(22)15-9-7-8-14(12-15)13-20-17(18)21-10-5-3-4-6-11-21;/h7-9,12H,2-6,10-11,13H2,1H3,(H2,18,20)(H,19,22);1H. The van der Waals surface area contributed by atoms with Gasteiger partial charge in [0.1, 0.15) is 0 Å². The first kappa shape index (κ1) is 19.7. The van der Waals surface area contributed by atoms with Gasteiger partial charge in [-0.05, 0) is 37.5 Å². The molecule has 0 aromatic heterocycles. The SMILES string of the molecule is CCNC(=O)c1cccc(CN=C(N)N2CCCCCC2)c1.I. The predicted octanol–water partition coefficient (Wildman–Crippen LogP) is 2.75. The molecule has 1 fully saturated rings. The Morgan fingerprint density at radius 1 is 1.26 bits per heavy atom. The molecule has 1 aliphatic heterocycles. The molecule has 2 rings (SSSR count). The van der Waals surface area contributed by atoms with Gasteiger partial charge in [-0.1, -0.05) is 25.0 Å². The fraction of sp³-hybridized carbons (Fsp3) is 0.529. The fourth-order valence-electron chi connectivity index (χ4n) is 2.65. The number of carbonyl (C=O) groups excluding carboxylic acids is 1. The molecule has 0 bridgehead atoms. The molecule has 3 N–H and O–H groups in total. The van der Waals surface area contributed by atoms with E-state index in [1.807, 2.05) is 31.2 Å². The summed E-state index contributed by atoms with van der Waals surface area (Å²) in [6, 6.07) is 7.56. The minimum Gasteiger partial charge on any atom is -0.370 e. The van der Waals surface area contributed by atoms with Crippen molar-refractivity contribution in [3.63, 3.8) is 0 Å². The van der Waals surface area contributed by atoms with E-state index in [-0.39, 0.29) is 29.9 Å². The number of rotatable bonds is 4. The Morgan fingerprint density at radius 3 is 2.61 bits per heavy atom. The van der Waals surface area contributed by atoms with Crippen LogP contribution in [0.1, 0.15) is 48.5 Å². The number of guanidine groups is 1. The van der Waals surface area contributed by atoms with Crippen LogP contribution in [0.3, 0.4) is 0 Å². The summed E-state index contributed by atoms with van der Waals surface area (Å²) in [6.45, 7) is 5.04. The van der Waals surface area contributed by atoms with Gasteiger partial charge in [0.05, 0.1) is 6.54 Å². The highest BCUT2D eigenvalue weighted by atomic mass is 127. The third-order valence-electron chi connectivity index (χ3n) is 3.88. The van der Waals surface area contributed by atoms with E-state index in [4.69, 9.17) is 5.73 Å². The monoisotopic (exact) mass is 430 g/mol. The van der Waals surface area contributed by atoms with E-state index in [0.717, 1.165) is 18.7 Å². The van der Waals surface area contributed by atoms with E-state index in [2.05, 4.69) is 15.2 Å². The Kier molecular flexibility index (Phi) is 8.98. The fourth-order valence-corrected chi connectivity index (χ4v) is 2.65. The molecule has 1 aliphatic rings. The van der Waals surface area contributed by atoms with Gasteiger partial charge >= 0.3 is 0 Å². The van der Waals surface area contributed by atoms with Gasteiger partial charge < -0.3 is 16.0 Å². The van der Waals surface area contributed by atoms with Crippen LogP contribution in [-0.2, 0) is 6.54 Å². The van der Waals surface area contributed by atoms with Gasteiger partial charge in [-0.3, -0.25) is 4.79 Å². The molecule has 0 saturated carbocycles. The number of nitrogens with two attached hydrogens (primary N) is 1. The zero-order valence-corrected chi connectivity index (χ0v) is 16.1. The molecule has 128 valence electrons. The van der Waals surface area contributed by atoms with Gasteiger partial charge in [-0.15, -0.1) is 24.0 Å². The van der Waals surface area contributed by atoms with E-state index in [9.17, 15) is 4.79 Å². The Bertz CT molecular complexity index is 525. The van der Waals surface area contributed by atoms with Crippen molar-refractivity contribution in [1.82, 2.24) is 10.2 Å². The summed E-state index contributed by atoms with van der Waals surface area (Å²) >= 11 is 0. The molecule has 1 heterocycles. The summed E-state index contributed by atoms with van der Waals surface area (Å²) in [4.78, 5) is 18.5. The minimum atomic E-state index is -0.0474. The molecule has 5 nitrogen and oxygen atoms in total. The number of benzene rings is 1. The van der Waals surface area contributed by atoms with Crippen LogP contribution in [0.5, 0.6) is 0 Å². The van der Waals surface area contributed by atoms with Crippen LogP contribution in [0.25, 0.3) is 0 Å². The summed E-state index contributed by atoms with van der Waals surface area (Å²) in [6.07, 6.45) is 4.92. The molecule has 6 heteroatoms. The summed E-state index contributed by atoms with van der Waals surface area (Å²) in [7, 11) is 0. The number of likely N-dealkylation sites (tertiary alicyclic amines) is 1. The summed E-state index contributed by atoms with van der Waals surface area (Å²) < 4.78 is 0. The lowest BCUT2D eigenvalue weighted by Gasteiger charge is -2.21. The lowest BCUT2D eigenvalue weighted by molar-refractivity contribution is 0.0955. The Hall–Kier alpha value is -1.31. The summed E-state index contributed by atoms with van der Waals surface area (Å²) in [5, 5.41) is 2.80. The van der Waals surface area contributed by atoms with Crippen LogP contribution in [0.4, 0.5) is 0 Å². The van der Waals surface area contributed by atoms with Crippen molar-refractivity contribution in [1.29, 1.82) is 0 Å². The highest BCUT2D eigenvalue weighted by Gasteiger charge is 2.11. The van der Waals surface area contributed by atoms with Gasteiger partial charge in [0, 0.05) is 25.2 Å². The smallest absolute Gasteiger partial charge is 0.251 e. The Labute approximate surface area is 155 Å². The molecular formula is C17H27IN4O. The van der Waals surface area contributed by atoms with Crippen LogP contribution in [0, 0.1) is 0 Å². The van der Waals surface area contributed by atoms with Crippen molar-refractivity contribution in [3.8, 4) is 0 Å². The second-order valence-corrected chi connectivity index (χ2v) is 5.64. The lowest BCUT2D eigenvalue weighted by Crippen LogP contribution is -2.38. The highest BCUT2D eigenvalue weighted by Crippen LogP contribution is 2.10. The van der Waals surface area contributed by atoms with Crippen molar-refractivity contribution >= 4 is 35.8 Å². The van der Waals surface area contributed by atoms with Gasteiger partial charge in [0.2, 0.25) is 0 Å². The molecule has 0 radical (unpaired) electrons. The normalized spacial score (nSPS) is 15.5. The first-order valence-electron chi connectivity index (χ1n) is 8.12. The van der Waals surface area contributed by atoms with Crippen molar-refractivity contribution in [3.05, 3.63) is 35.4 Å². The molecule has 1 amide bonds. The lowest BCUT2D eigenvalue weighted by atomic mass is 10.1. The van der Waals surface area contributed by atoms with Crippen molar-refractivity contribution in [2.75, 3.05) is 19.6 Å². The van der Waals surface area contributed by atoms with Gasteiger partial charge in [0.15, 0.2) is 5.96 Å². The highest BCUT2D eigenvalue weighted by molar-refractivity contribution is 14.0. The number of carbonyl (C=O) groups is 1. The second-order valence-electron chi connectivity index (χ2n) is 5.64. The molecule has 0 spiro atoms. The number of hydrogen-bond acceptors (Lipinski definition) is 2. The Morgan fingerprint density at radius 2 is 1.96 bits per heavy atom. The molecule has 1 aromatic rings. The van der Waals surface area contributed by atoms with Crippen LogP contribution >= 0.6 is 24.0 Å². The first-order valence-corrected chi connectivity index (χ1v) is 8.12. The van der Waals surface area contributed by atoms with Crippen molar-refractivity contribution in [2.45, 2.75) is 39.2 Å². The molecule has 0 atom stereocenters. The molecule has 23 heavy (non-hydrogen) atoms. The van der Waals surface area contributed by atoms with E-state index in [0.29, 0.717) is 24.6 Å². The maximum absolute atomic E-state index is 11.8.